The maximum atomic E-state index is 12.0. The summed E-state index contributed by atoms with van der Waals surface area (Å²) in [5, 5.41) is 0. The number of nitrogens with zero attached hydrogens (tertiary/aromatic N) is 1. The van der Waals surface area contributed by atoms with Gasteiger partial charge in [0.1, 0.15) is 0 Å². The van der Waals surface area contributed by atoms with Gasteiger partial charge < -0.3 is 14.2 Å². The Bertz CT molecular complexity index is 504. The monoisotopic (exact) mass is 295 g/mol. The lowest BCUT2D eigenvalue weighted by atomic mass is 10.0. The van der Waals surface area contributed by atoms with Crippen molar-refractivity contribution in [2.24, 2.45) is 0 Å². The van der Waals surface area contributed by atoms with Gasteiger partial charge in [0.05, 0.1) is 36.5 Å². The van der Waals surface area contributed by atoms with Crippen LogP contribution in [0.5, 0.6) is 0 Å². The van der Waals surface area contributed by atoms with E-state index in [1.807, 2.05) is 0 Å². The number of carbonyl (C=O) groups excluding carboxylic acids is 3. The van der Waals surface area contributed by atoms with E-state index in [1.54, 1.807) is 20.8 Å². The number of hydrogen-bond donors (Lipinski definition) is 0. The lowest BCUT2D eigenvalue weighted by Gasteiger charge is -2.11. The van der Waals surface area contributed by atoms with Crippen LogP contribution < -0.4 is 0 Å². The van der Waals surface area contributed by atoms with E-state index in [0.717, 1.165) is 12.4 Å². The zero-order chi connectivity index (χ0) is 15.8. The van der Waals surface area contributed by atoms with Crippen LogP contribution in [0.1, 0.15) is 51.8 Å². The lowest BCUT2D eigenvalue weighted by molar-refractivity contribution is 0.0457. The summed E-state index contributed by atoms with van der Waals surface area (Å²) in [5.74, 6) is -2.30. The number of aromatic nitrogens is 1. The average molecular weight is 295 g/mol. The van der Waals surface area contributed by atoms with Gasteiger partial charge in [0.2, 0.25) is 0 Å². The molecule has 21 heavy (non-hydrogen) atoms. The number of hydrogen-bond acceptors (Lipinski definition) is 7. The molecular formula is C14H17NO6. The Labute approximate surface area is 122 Å². The highest BCUT2D eigenvalue weighted by Gasteiger charge is 2.27. The second kappa shape index (κ2) is 7.98. The third-order valence-corrected chi connectivity index (χ3v) is 2.42. The van der Waals surface area contributed by atoms with Crippen molar-refractivity contribution < 1.29 is 28.6 Å². The molecule has 0 radical (unpaired) electrons. The highest BCUT2D eigenvalue weighted by Crippen LogP contribution is 2.17. The van der Waals surface area contributed by atoms with Gasteiger partial charge in [0.15, 0.2) is 0 Å². The Kier molecular flexibility index (Phi) is 6.32. The summed E-state index contributed by atoms with van der Waals surface area (Å²) in [4.78, 5) is 39.6. The van der Waals surface area contributed by atoms with Crippen LogP contribution in [-0.4, -0.2) is 42.7 Å². The molecule has 0 aliphatic heterocycles. The van der Waals surface area contributed by atoms with E-state index >= 15 is 0 Å². The molecule has 1 aromatic rings. The van der Waals surface area contributed by atoms with E-state index < -0.39 is 17.9 Å². The highest BCUT2D eigenvalue weighted by molar-refractivity contribution is 6.10. The predicted molar refractivity (Wildman–Crippen MR) is 72.1 cm³/mol. The standard InChI is InChI=1S/C14H17NO6/c1-4-19-12(16)9-7-15-8-10(13(17)20-5-2)11(9)14(18)21-6-3/h7-8H,4-6H2,1-3H3. The molecule has 1 rings (SSSR count). The van der Waals surface area contributed by atoms with Crippen LogP contribution in [-0.2, 0) is 14.2 Å². The average Bonchev–Trinajstić information content (AvgIpc) is 2.47. The molecule has 7 nitrogen and oxygen atoms in total. The molecule has 0 N–H and O–H groups in total. The van der Waals surface area contributed by atoms with Gasteiger partial charge in [-0.15, -0.1) is 0 Å². The zero-order valence-corrected chi connectivity index (χ0v) is 12.2. The summed E-state index contributed by atoms with van der Waals surface area (Å²) in [6.45, 7) is 5.24. The summed E-state index contributed by atoms with van der Waals surface area (Å²) in [6.07, 6.45) is 2.32. The summed E-state index contributed by atoms with van der Waals surface area (Å²) < 4.78 is 14.6. The minimum Gasteiger partial charge on any atom is -0.462 e. The number of esters is 3. The molecule has 0 saturated heterocycles. The molecule has 0 bridgehead atoms. The zero-order valence-electron chi connectivity index (χ0n) is 12.2. The van der Waals surface area contributed by atoms with Crippen molar-refractivity contribution in [3.05, 3.63) is 29.1 Å². The highest BCUT2D eigenvalue weighted by atomic mass is 16.5. The molecule has 0 fully saturated rings. The number of rotatable bonds is 6. The molecule has 0 aromatic carbocycles. The topological polar surface area (TPSA) is 91.8 Å². The Morgan fingerprint density at radius 2 is 1.19 bits per heavy atom. The summed E-state index contributed by atoms with van der Waals surface area (Å²) in [5.41, 5.74) is -0.439. The number of carbonyl (C=O) groups is 3. The minimum atomic E-state index is -0.800. The molecule has 0 aliphatic rings. The molecule has 1 heterocycles. The normalized spacial score (nSPS) is 9.86. The fraction of sp³-hybridized carbons (Fsp3) is 0.429. The quantitative estimate of drug-likeness (QED) is 0.581. The molecule has 114 valence electrons. The second-order valence-corrected chi connectivity index (χ2v) is 3.77. The number of ether oxygens (including phenoxy) is 3. The van der Waals surface area contributed by atoms with Crippen LogP contribution in [0.4, 0.5) is 0 Å². The first-order chi connectivity index (χ1) is 10.1. The summed E-state index contributed by atoms with van der Waals surface area (Å²) in [6, 6.07) is 0. The van der Waals surface area contributed by atoms with Gasteiger partial charge in [0.25, 0.3) is 0 Å². The van der Waals surface area contributed by atoms with Crippen molar-refractivity contribution in [2.75, 3.05) is 19.8 Å². The Morgan fingerprint density at radius 3 is 1.57 bits per heavy atom. The molecule has 0 aliphatic carbocycles. The predicted octanol–water partition coefficient (Wildman–Crippen LogP) is 1.61. The van der Waals surface area contributed by atoms with Crippen molar-refractivity contribution in [2.45, 2.75) is 20.8 Å². The number of pyridine rings is 1. The smallest absolute Gasteiger partial charge is 0.340 e. The van der Waals surface area contributed by atoms with Crippen LogP contribution in [0, 0.1) is 0 Å². The van der Waals surface area contributed by atoms with E-state index in [0.29, 0.717) is 0 Å². The van der Waals surface area contributed by atoms with Gasteiger partial charge in [-0.2, -0.15) is 0 Å². The maximum absolute atomic E-state index is 12.0. The Balaban J connectivity index is 3.37. The molecule has 7 heteroatoms. The van der Waals surface area contributed by atoms with Crippen LogP contribution in [0.15, 0.2) is 12.4 Å². The SMILES string of the molecule is CCOC(=O)c1cncc(C(=O)OCC)c1C(=O)OCC. The molecule has 1 aromatic heterocycles. The van der Waals surface area contributed by atoms with Crippen LogP contribution in [0.3, 0.4) is 0 Å². The molecular weight excluding hydrogens is 278 g/mol. The van der Waals surface area contributed by atoms with E-state index in [-0.39, 0.29) is 36.5 Å². The van der Waals surface area contributed by atoms with Crippen LogP contribution in [0.25, 0.3) is 0 Å². The third kappa shape index (κ3) is 4.01. The molecule has 0 saturated carbocycles. The lowest BCUT2D eigenvalue weighted by Crippen LogP contribution is -2.20. The summed E-state index contributed by atoms with van der Waals surface area (Å²) >= 11 is 0. The molecule has 0 amide bonds. The van der Waals surface area contributed by atoms with Gasteiger partial charge in [-0.1, -0.05) is 0 Å². The van der Waals surface area contributed by atoms with Gasteiger partial charge in [0, 0.05) is 12.4 Å². The van der Waals surface area contributed by atoms with Crippen molar-refractivity contribution in [1.82, 2.24) is 4.98 Å². The van der Waals surface area contributed by atoms with Gasteiger partial charge in [-0.25, -0.2) is 14.4 Å². The fourth-order valence-electron chi connectivity index (χ4n) is 1.61. The maximum Gasteiger partial charge on any atom is 0.340 e. The first-order valence-corrected chi connectivity index (χ1v) is 6.56. The third-order valence-electron chi connectivity index (χ3n) is 2.42. The van der Waals surface area contributed by atoms with Crippen molar-refractivity contribution in [1.29, 1.82) is 0 Å². The second-order valence-electron chi connectivity index (χ2n) is 3.77. The van der Waals surface area contributed by atoms with Crippen molar-refractivity contribution >= 4 is 17.9 Å². The van der Waals surface area contributed by atoms with E-state index in [2.05, 4.69) is 4.98 Å². The van der Waals surface area contributed by atoms with Gasteiger partial charge in [-0.3, -0.25) is 4.98 Å². The van der Waals surface area contributed by atoms with E-state index in [4.69, 9.17) is 14.2 Å². The summed E-state index contributed by atoms with van der Waals surface area (Å²) in [7, 11) is 0. The van der Waals surface area contributed by atoms with Crippen LogP contribution in [0.2, 0.25) is 0 Å². The van der Waals surface area contributed by atoms with Crippen molar-refractivity contribution in [3.63, 3.8) is 0 Å². The fourth-order valence-corrected chi connectivity index (χ4v) is 1.61. The first-order valence-electron chi connectivity index (χ1n) is 6.56. The molecule has 0 atom stereocenters. The minimum absolute atomic E-state index is 0.103. The van der Waals surface area contributed by atoms with Crippen molar-refractivity contribution in [3.8, 4) is 0 Å². The molecule has 0 unspecified atom stereocenters. The first kappa shape index (κ1) is 16.6. The largest absolute Gasteiger partial charge is 0.462 e. The molecule has 0 spiro atoms. The van der Waals surface area contributed by atoms with E-state index in [9.17, 15) is 14.4 Å². The van der Waals surface area contributed by atoms with Gasteiger partial charge in [-0.05, 0) is 20.8 Å². The van der Waals surface area contributed by atoms with Gasteiger partial charge >= 0.3 is 17.9 Å². The Morgan fingerprint density at radius 1 is 0.810 bits per heavy atom. The Hall–Kier alpha value is -2.44. The van der Waals surface area contributed by atoms with E-state index in [1.165, 1.54) is 0 Å². The van der Waals surface area contributed by atoms with Crippen LogP contribution >= 0.6 is 0 Å².